The summed E-state index contributed by atoms with van der Waals surface area (Å²) in [6.45, 7) is 11.0. The molecule has 6 atom stereocenters. The van der Waals surface area contributed by atoms with Crippen LogP contribution in [0.2, 0.25) is 10.3 Å². The number of aromatic nitrogens is 18. The Bertz CT molecular complexity index is 5440. The molecule has 123 heavy (non-hydrogen) atoms. The third-order valence-electron chi connectivity index (χ3n) is 19.1. The zero-order chi connectivity index (χ0) is 87.2. The minimum absolute atomic E-state index is 0.0325. The number of carbonyl (C=O) groups is 3. The van der Waals surface area contributed by atoms with E-state index in [0.717, 1.165) is 126 Å². The number of nitrogen functional groups attached to an aromatic ring is 2. The molecule has 3 amide bonds. The van der Waals surface area contributed by atoms with E-state index in [-0.39, 0.29) is 63.8 Å². The average Bonchev–Trinajstić information content (AvgIpc) is 0.928. The lowest BCUT2D eigenvalue weighted by molar-refractivity contribution is 0.0477. The second-order valence-corrected chi connectivity index (χ2v) is 33.5. The summed E-state index contributed by atoms with van der Waals surface area (Å²) in [6.07, 6.45) is 37.0. The molecule has 15 N–H and O–H groups in total. The van der Waals surface area contributed by atoms with Crippen LogP contribution < -0.4 is 60.2 Å². The summed E-state index contributed by atoms with van der Waals surface area (Å²) in [7, 11) is 0. The number of ether oxygens (including phenoxy) is 2. The van der Waals surface area contributed by atoms with Crippen molar-refractivity contribution in [3.63, 3.8) is 0 Å². The highest BCUT2D eigenvalue weighted by molar-refractivity contribution is 9.11. The largest absolute Gasteiger partial charge is 0.444 e. The van der Waals surface area contributed by atoms with Crippen LogP contribution in [0, 0.1) is 11.3 Å². The van der Waals surface area contributed by atoms with E-state index in [0.29, 0.717) is 40.3 Å². The Hall–Kier alpha value is -13.0. The average molecular weight is 1840 g/mol. The fourth-order valence-electron chi connectivity index (χ4n) is 13.7. The maximum atomic E-state index is 12.4. The quantitative estimate of drug-likeness (QED) is 0.0335. The van der Waals surface area contributed by atoms with Crippen molar-refractivity contribution >= 4 is 125 Å². The summed E-state index contributed by atoms with van der Waals surface area (Å²) in [5, 5.41) is 58.3. The molecule has 0 unspecified atom stereocenters. The predicted molar refractivity (Wildman–Crippen MR) is 481 cm³/mol. The molecule has 9 heterocycles. The number of benzene rings is 4. The van der Waals surface area contributed by atoms with E-state index in [2.05, 4.69) is 131 Å². The standard InChI is InChI=1S/C28H32N10O2.C23H26N10O.C15H22Cl2N4O2.C12H11N5.C6H5Br2N/c1-28(2,3)40-27(39)35-23-9-5-4-8-22(23)34-25-18-30-24(17-29)26(36-25)33-19-14-20(37-12-6-10-31-37)16-21(15-19)38-13-7-11-32-38;24-18-5-1-2-6-19(18)30-20-14-26-21(22(25)34)23(31-20)29-15-11-16(32-9-3-7-27-32)13-17(12-15)33-10-4-8-28-33;1-15(2,3)23-14(22)20-10-7-5-4-6-9(10)19-11-8-18-12(16)13(17)21-11;13-10-7-11(16-5-1-3-14-16)9-12(8-10)17-6-2-4-15-17;7-4-1-5(8)3-6(9)2-4/h6-7,10-16,18,22-23H,4-5,8-9H2,1-3H3,(H,35,39)(H2,33,34,36);3-4,7-14,18-19H,1-2,5-6,24H2,(H2,25,34)(H2,29,30,31);8-10H,4-7H2,1-3H3,(H,19,21)(H,20,22);1-9H,13H2;1-3H,9H2/t22-,23+;18-,19+;9-,10+;;/m101../s1. The normalized spacial score (nSPS) is 16.7. The molecule has 35 nitrogen and oxygen atoms in total. The Kier molecular flexibility index (Phi) is 30.5. The Labute approximate surface area is 737 Å². The minimum atomic E-state index is -0.675. The van der Waals surface area contributed by atoms with E-state index in [1.54, 1.807) is 65.3 Å². The number of hydrogen-bond donors (Lipinski definition) is 11. The lowest BCUT2D eigenvalue weighted by Crippen LogP contribution is -2.49. The molecular formula is C84H96Br2Cl2N30O5. The molecule has 3 aliphatic rings. The van der Waals surface area contributed by atoms with Crippen LogP contribution in [0.15, 0.2) is 211 Å². The first-order valence-electron chi connectivity index (χ1n) is 39.7. The number of nitrogens with zero attached hydrogens (tertiary/aromatic N) is 19. The highest BCUT2D eigenvalue weighted by Crippen LogP contribution is 2.32. The number of rotatable bonds is 19. The van der Waals surface area contributed by atoms with Crippen LogP contribution in [0.4, 0.5) is 61.4 Å². The molecule has 9 aromatic heterocycles. The second kappa shape index (κ2) is 42.0. The SMILES string of the molecule is CC(C)(C)OC(=O)N[C@H]1CCCC[C@H]1Nc1cnc(C#N)c(Nc2cc(-n3cccn3)cc(-n3cccn3)c2)n1.CC(C)(C)OC(=O)N[C@H]1CCCC[C@H]1Nc1cnc(Cl)c(Cl)n1.NC(=O)c1ncc(N[C@@H]2CCCC[C@@H]2N)nc1Nc1cc(-n2cccn2)cc(-n2cccn2)c1.Nc1cc(-n2cccn2)cc(-n2cccn2)c1.Nc1cc(Br)cc(Br)c1. The minimum Gasteiger partial charge on any atom is -0.444 e. The van der Waals surface area contributed by atoms with Crippen molar-refractivity contribution in [2.24, 2.45) is 11.5 Å². The van der Waals surface area contributed by atoms with E-state index < -0.39 is 29.3 Å². The molecule has 3 saturated carbocycles. The fourth-order valence-corrected chi connectivity index (χ4v) is 15.2. The van der Waals surface area contributed by atoms with Crippen LogP contribution >= 0.6 is 55.1 Å². The summed E-state index contributed by atoms with van der Waals surface area (Å²) in [5.74, 6) is 1.47. The van der Waals surface area contributed by atoms with Crippen LogP contribution in [0.5, 0.6) is 0 Å². The van der Waals surface area contributed by atoms with E-state index in [1.165, 1.54) is 18.6 Å². The molecule has 0 radical (unpaired) electrons. The second-order valence-electron chi connectivity index (χ2n) is 30.9. The van der Waals surface area contributed by atoms with Crippen LogP contribution in [-0.2, 0) is 9.47 Å². The van der Waals surface area contributed by atoms with E-state index in [9.17, 15) is 19.6 Å². The Morgan fingerprint density at radius 3 is 1.15 bits per heavy atom. The summed E-state index contributed by atoms with van der Waals surface area (Å²) < 4.78 is 23.3. The van der Waals surface area contributed by atoms with Crippen molar-refractivity contribution in [1.29, 1.82) is 5.26 Å². The molecule has 13 aromatic rings. The van der Waals surface area contributed by atoms with Crippen LogP contribution in [0.1, 0.15) is 135 Å². The number of amides is 3. The topological polar surface area (TPSA) is 466 Å². The van der Waals surface area contributed by atoms with Gasteiger partial charge in [-0.3, -0.25) is 4.79 Å². The van der Waals surface area contributed by atoms with Crippen molar-refractivity contribution < 1.29 is 23.9 Å². The van der Waals surface area contributed by atoms with Crippen molar-refractivity contribution in [2.75, 3.05) is 38.1 Å². The van der Waals surface area contributed by atoms with Gasteiger partial charge >= 0.3 is 12.2 Å². The zero-order valence-electron chi connectivity index (χ0n) is 68.4. The maximum Gasteiger partial charge on any atom is 0.407 e. The van der Waals surface area contributed by atoms with Gasteiger partial charge in [-0.2, -0.15) is 35.9 Å². The lowest BCUT2D eigenvalue weighted by Gasteiger charge is -2.33. The van der Waals surface area contributed by atoms with Crippen molar-refractivity contribution in [1.82, 2.24) is 99.2 Å². The van der Waals surface area contributed by atoms with E-state index in [4.69, 9.17) is 60.6 Å². The molecule has 3 fully saturated rings. The molecule has 0 aliphatic heterocycles. The fraction of sp³-hybridized carbons (Fsp3) is 0.310. The summed E-state index contributed by atoms with van der Waals surface area (Å²) in [4.78, 5) is 62.6. The molecule has 640 valence electrons. The van der Waals surface area contributed by atoms with E-state index >= 15 is 0 Å². The molecular weight excluding hydrogens is 1740 g/mol. The molecule has 0 bridgehead atoms. The number of halogens is 4. The van der Waals surface area contributed by atoms with Gasteiger partial charge in [-0.1, -0.05) is 93.6 Å². The van der Waals surface area contributed by atoms with Gasteiger partial charge in [-0.25, -0.2) is 67.6 Å². The molecule has 0 spiro atoms. The highest BCUT2D eigenvalue weighted by Gasteiger charge is 2.32. The number of alkyl carbamates (subject to hydrolysis) is 2. The van der Waals surface area contributed by atoms with Gasteiger partial charge in [0.05, 0.1) is 64.8 Å². The first-order chi connectivity index (χ1) is 59.1. The number of nitriles is 1. The smallest absolute Gasteiger partial charge is 0.407 e. The van der Waals surface area contributed by atoms with Gasteiger partial charge in [-0.05, 0) is 189 Å². The number of primary amides is 1. The Morgan fingerprint density at radius 1 is 0.447 bits per heavy atom. The van der Waals surface area contributed by atoms with E-state index in [1.807, 2.05) is 188 Å². The van der Waals surface area contributed by atoms with Gasteiger partial charge in [0.2, 0.25) is 0 Å². The third kappa shape index (κ3) is 26.5. The summed E-state index contributed by atoms with van der Waals surface area (Å²) in [5.41, 5.74) is 30.2. The predicted octanol–water partition coefficient (Wildman–Crippen LogP) is 15.5. The third-order valence-corrected chi connectivity index (χ3v) is 20.6. The summed E-state index contributed by atoms with van der Waals surface area (Å²) in [6, 6.07) is 36.1. The molecule has 0 saturated heterocycles. The first-order valence-corrected chi connectivity index (χ1v) is 42.1. The van der Waals surface area contributed by atoms with Crippen LogP contribution in [0.25, 0.3) is 34.1 Å². The van der Waals surface area contributed by atoms with Crippen LogP contribution in [0.3, 0.4) is 0 Å². The van der Waals surface area contributed by atoms with Crippen molar-refractivity contribution in [3.8, 4) is 40.2 Å². The number of nitrogens with one attached hydrogen (secondary N) is 7. The first kappa shape index (κ1) is 89.2. The Balaban J connectivity index is 0.000000150. The van der Waals surface area contributed by atoms with Gasteiger partial charge in [0.15, 0.2) is 33.3 Å². The van der Waals surface area contributed by atoms with Gasteiger partial charge in [0.1, 0.15) is 34.7 Å². The zero-order valence-corrected chi connectivity index (χ0v) is 73.0. The van der Waals surface area contributed by atoms with Gasteiger partial charge in [0.25, 0.3) is 5.91 Å². The maximum absolute atomic E-state index is 12.4. The van der Waals surface area contributed by atoms with Crippen molar-refractivity contribution in [3.05, 3.63) is 233 Å². The number of hydrogen-bond acceptors (Lipinski definition) is 26. The monoisotopic (exact) mass is 1830 g/mol. The van der Waals surface area contributed by atoms with Crippen LogP contribution in [-0.4, -0.2) is 154 Å². The number of nitrogens with two attached hydrogens (primary N) is 4. The van der Waals surface area contributed by atoms with Gasteiger partial charge < -0.3 is 69.6 Å². The summed E-state index contributed by atoms with van der Waals surface area (Å²) >= 11 is 18.3. The molecule has 3 aliphatic carbocycles. The molecule has 16 rings (SSSR count). The molecule has 4 aromatic carbocycles. The Morgan fingerprint density at radius 2 is 0.789 bits per heavy atom. The highest BCUT2D eigenvalue weighted by atomic mass is 79.9. The molecule has 39 heteroatoms. The van der Waals surface area contributed by atoms with Gasteiger partial charge in [-0.15, -0.1) is 0 Å². The number of carbonyl (C=O) groups excluding carboxylic acids is 3. The lowest BCUT2D eigenvalue weighted by atomic mass is 9.90. The van der Waals surface area contributed by atoms with Crippen molar-refractivity contribution in [2.45, 2.75) is 166 Å². The number of anilines is 9. The van der Waals surface area contributed by atoms with Gasteiger partial charge in [0, 0.05) is 130 Å².